The Morgan fingerprint density at radius 2 is 2.00 bits per heavy atom. The summed E-state index contributed by atoms with van der Waals surface area (Å²) in [5, 5.41) is 0. The van der Waals surface area contributed by atoms with E-state index in [1.807, 2.05) is 30.3 Å². The van der Waals surface area contributed by atoms with Gasteiger partial charge in [0, 0.05) is 18.2 Å². The van der Waals surface area contributed by atoms with Crippen LogP contribution in [0.1, 0.15) is 30.1 Å². The lowest BCUT2D eigenvalue weighted by atomic mass is 10.2. The second-order valence-electron chi connectivity index (χ2n) is 4.47. The molecule has 0 spiro atoms. The van der Waals surface area contributed by atoms with Gasteiger partial charge in [-0.1, -0.05) is 30.3 Å². The monoisotopic (exact) mass is 242 g/mol. The number of benzene rings is 1. The third kappa shape index (κ3) is 2.27. The molecule has 18 heavy (non-hydrogen) atoms. The van der Waals surface area contributed by atoms with Crippen molar-refractivity contribution in [2.45, 2.75) is 25.4 Å². The molecule has 3 rings (SSSR count). The van der Waals surface area contributed by atoms with E-state index in [9.17, 15) is 4.79 Å². The van der Waals surface area contributed by atoms with Crippen molar-refractivity contribution < 1.29 is 4.84 Å². The summed E-state index contributed by atoms with van der Waals surface area (Å²) in [6, 6.07) is 11.2. The first kappa shape index (κ1) is 11.0. The molecule has 1 aromatic heterocycles. The Bertz CT molecular complexity index is 588. The zero-order chi connectivity index (χ0) is 12.4. The van der Waals surface area contributed by atoms with Gasteiger partial charge >= 0.3 is 0 Å². The smallest absolute Gasteiger partial charge is 0.286 e. The minimum atomic E-state index is -0.150. The number of hydrogen-bond donors (Lipinski definition) is 0. The van der Waals surface area contributed by atoms with Crippen LogP contribution < -0.4 is 10.4 Å². The minimum Gasteiger partial charge on any atom is -0.404 e. The summed E-state index contributed by atoms with van der Waals surface area (Å²) in [4.78, 5) is 21.6. The standard InChI is InChI=1S/C14H14N2O2/c17-13-8-9-15-14(12-6-7-12)16(13)18-10-11-4-2-1-3-5-11/h1-5,8-9,12H,6-7,10H2. The van der Waals surface area contributed by atoms with E-state index in [1.165, 1.54) is 10.8 Å². The Balaban J connectivity index is 1.82. The first-order valence-corrected chi connectivity index (χ1v) is 6.10. The Hall–Kier alpha value is -2.10. The van der Waals surface area contributed by atoms with Crippen LogP contribution in [0.3, 0.4) is 0 Å². The zero-order valence-electron chi connectivity index (χ0n) is 9.95. The maximum Gasteiger partial charge on any atom is 0.286 e. The van der Waals surface area contributed by atoms with Crippen LogP contribution in [-0.4, -0.2) is 9.71 Å². The van der Waals surface area contributed by atoms with Crippen LogP contribution in [0.4, 0.5) is 0 Å². The van der Waals surface area contributed by atoms with E-state index in [1.54, 1.807) is 6.20 Å². The average molecular weight is 242 g/mol. The van der Waals surface area contributed by atoms with E-state index in [2.05, 4.69) is 4.98 Å². The van der Waals surface area contributed by atoms with Crippen molar-refractivity contribution in [3.63, 3.8) is 0 Å². The zero-order valence-corrected chi connectivity index (χ0v) is 9.95. The summed E-state index contributed by atoms with van der Waals surface area (Å²) in [7, 11) is 0. The van der Waals surface area contributed by atoms with Crippen LogP contribution in [0.5, 0.6) is 0 Å². The lowest BCUT2D eigenvalue weighted by Crippen LogP contribution is -2.29. The lowest BCUT2D eigenvalue weighted by Gasteiger charge is -2.11. The molecule has 1 heterocycles. The van der Waals surface area contributed by atoms with Crippen LogP contribution in [0, 0.1) is 0 Å². The summed E-state index contributed by atoms with van der Waals surface area (Å²) < 4.78 is 1.34. The van der Waals surface area contributed by atoms with Gasteiger partial charge in [-0.2, -0.15) is 0 Å². The number of hydrogen-bond acceptors (Lipinski definition) is 3. The fourth-order valence-corrected chi connectivity index (χ4v) is 1.87. The van der Waals surface area contributed by atoms with E-state index < -0.39 is 0 Å². The Labute approximate surface area is 105 Å². The van der Waals surface area contributed by atoms with Gasteiger partial charge in [0.25, 0.3) is 5.56 Å². The first-order chi connectivity index (χ1) is 8.84. The molecule has 1 saturated carbocycles. The van der Waals surface area contributed by atoms with Gasteiger partial charge in [0.15, 0.2) is 5.82 Å². The third-order valence-corrected chi connectivity index (χ3v) is 2.98. The second-order valence-corrected chi connectivity index (χ2v) is 4.47. The van der Waals surface area contributed by atoms with E-state index in [0.29, 0.717) is 12.5 Å². The SMILES string of the molecule is O=c1ccnc(C2CC2)n1OCc1ccccc1. The van der Waals surface area contributed by atoms with E-state index in [-0.39, 0.29) is 5.56 Å². The minimum absolute atomic E-state index is 0.150. The van der Waals surface area contributed by atoms with Crippen molar-refractivity contribution in [1.29, 1.82) is 0 Å². The molecular weight excluding hydrogens is 228 g/mol. The molecule has 92 valence electrons. The van der Waals surface area contributed by atoms with Crippen molar-refractivity contribution in [3.05, 3.63) is 64.3 Å². The van der Waals surface area contributed by atoms with Gasteiger partial charge in [-0.3, -0.25) is 4.79 Å². The van der Waals surface area contributed by atoms with E-state index >= 15 is 0 Å². The van der Waals surface area contributed by atoms with Crippen LogP contribution in [0.2, 0.25) is 0 Å². The van der Waals surface area contributed by atoms with Gasteiger partial charge in [-0.05, 0) is 18.4 Å². The summed E-state index contributed by atoms with van der Waals surface area (Å²) in [6.07, 6.45) is 3.73. The predicted molar refractivity (Wildman–Crippen MR) is 67.2 cm³/mol. The van der Waals surface area contributed by atoms with Gasteiger partial charge < -0.3 is 4.84 Å². The highest BCUT2D eigenvalue weighted by Gasteiger charge is 2.29. The highest BCUT2D eigenvalue weighted by Crippen LogP contribution is 2.38. The molecule has 4 heteroatoms. The molecule has 0 amide bonds. The first-order valence-electron chi connectivity index (χ1n) is 6.10. The largest absolute Gasteiger partial charge is 0.404 e. The van der Waals surface area contributed by atoms with Crippen molar-refractivity contribution >= 4 is 0 Å². The van der Waals surface area contributed by atoms with Gasteiger partial charge in [-0.15, -0.1) is 4.73 Å². The molecule has 1 fully saturated rings. The molecule has 0 aliphatic heterocycles. The summed E-state index contributed by atoms with van der Waals surface area (Å²) in [5.74, 6) is 1.13. The molecule has 1 aliphatic carbocycles. The maximum atomic E-state index is 11.8. The molecule has 0 bridgehead atoms. The Kier molecular flexibility index (Phi) is 2.84. The normalized spacial score (nSPS) is 14.4. The van der Waals surface area contributed by atoms with Gasteiger partial charge in [0.05, 0.1) is 0 Å². The average Bonchev–Trinajstić information content (AvgIpc) is 3.22. The Morgan fingerprint density at radius 3 is 2.72 bits per heavy atom. The van der Waals surface area contributed by atoms with Gasteiger partial charge in [0.2, 0.25) is 0 Å². The topological polar surface area (TPSA) is 44.1 Å². The second kappa shape index (κ2) is 4.64. The van der Waals surface area contributed by atoms with Crippen molar-refractivity contribution in [2.24, 2.45) is 0 Å². The lowest BCUT2D eigenvalue weighted by molar-refractivity contribution is 0.0794. The third-order valence-electron chi connectivity index (χ3n) is 2.98. The molecule has 0 atom stereocenters. The summed E-state index contributed by atoms with van der Waals surface area (Å²) in [6.45, 7) is 0.381. The molecule has 0 N–H and O–H groups in total. The molecule has 0 unspecified atom stereocenters. The fourth-order valence-electron chi connectivity index (χ4n) is 1.87. The van der Waals surface area contributed by atoms with Crippen molar-refractivity contribution in [3.8, 4) is 0 Å². The van der Waals surface area contributed by atoms with E-state index in [4.69, 9.17) is 4.84 Å². The van der Waals surface area contributed by atoms with Crippen molar-refractivity contribution in [2.75, 3.05) is 0 Å². The molecule has 0 saturated heterocycles. The molecule has 1 aliphatic rings. The highest BCUT2D eigenvalue weighted by atomic mass is 16.7. The van der Waals surface area contributed by atoms with Gasteiger partial charge in [0.1, 0.15) is 6.61 Å². The van der Waals surface area contributed by atoms with Gasteiger partial charge in [-0.25, -0.2) is 4.98 Å². The number of nitrogens with zero attached hydrogens (tertiary/aromatic N) is 2. The van der Waals surface area contributed by atoms with Crippen LogP contribution in [0.15, 0.2) is 47.4 Å². The predicted octanol–water partition coefficient (Wildman–Crippen LogP) is 1.75. The summed E-state index contributed by atoms with van der Waals surface area (Å²) in [5.41, 5.74) is 0.887. The molecular formula is C14H14N2O2. The van der Waals surface area contributed by atoms with Crippen LogP contribution in [0.25, 0.3) is 0 Å². The molecule has 2 aromatic rings. The maximum absolute atomic E-state index is 11.8. The van der Waals surface area contributed by atoms with Crippen LogP contribution in [-0.2, 0) is 6.61 Å². The molecule has 1 aromatic carbocycles. The fraction of sp³-hybridized carbons (Fsp3) is 0.286. The van der Waals surface area contributed by atoms with E-state index in [0.717, 1.165) is 24.2 Å². The number of aromatic nitrogens is 2. The molecule has 0 radical (unpaired) electrons. The molecule has 4 nitrogen and oxygen atoms in total. The van der Waals surface area contributed by atoms with Crippen LogP contribution >= 0.6 is 0 Å². The highest BCUT2D eigenvalue weighted by molar-refractivity contribution is 5.13. The Morgan fingerprint density at radius 1 is 1.22 bits per heavy atom. The quantitative estimate of drug-likeness (QED) is 0.820. The van der Waals surface area contributed by atoms with Crippen molar-refractivity contribution in [1.82, 2.24) is 9.71 Å². The number of rotatable bonds is 4. The summed E-state index contributed by atoms with van der Waals surface area (Å²) >= 11 is 0.